The van der Waals surface area contributed by atoms with E-state index in [9.17, 15) is 44.6 Å². The first-order valence-corrected chi connectivity index (χ1v) is 7.15. The predicted molar refractivity (Wildman–Crippen MR) is 72.7 cm³/mol. The zero-order valence-electron chi connectivity index (χ0n) is 13.5. The zero-order chi connectivity index (χ0) is 20.6. The van der Waals surface area contributed by atoms with Crippen molar-refractivity contribution in [2.45, 2.75) is 49.8 Å². The second kappa shape index (κ2) is 6.82. The van der Waals surface area contributed by atoms with E-state index in [1.54, 1.807) is 6.92 Å². The molecular weight excluding hydrogens is 383 g/mol. The van der Waals surface area contributed by atoms with Gasteiger partial charge in [-0.15, -0.1) is 0 Å². The van der Waals surface area contributed by atoms with Crippen molar-refractivity contribution < 1.29 is 49.4 Å². The first kappa shape index (κ1) is 22.4. The monoisotopic (exact) mass is 398 g/mol. The quantitative estimate of drug-likeness (QED) is 0.644. The van der Waals surface area contributed by atoms with Crippen LogP contribution in [0.15, 0.2) is 24.3 Å². The Hall–Kier alpha value is -1.65. The van der Waals surface area contributed by atoms with E-state index in [1.807, 2.05) is 0 Å². The number of hydrogen-bond acceptors (Lipinski definition) is 2. The maximum atomic E-state index is 13.7. The molecule has 0 aliphatic carbocycles. The lowest BCUT2D eigenvalue weighted by Crippen LogP contribution is -2.62. The fraction of sp³-hybridized carbons (Fsp3) is 0.600. The van der Waals surface area contributed by atoms with Gasteiger partial charge < -0.3 is 9.84 Å². The normalized spacial score (nSPS) is 16.3. The van der Waals surface area contributed by atoms with E-state index in [4.69, 9.17) is 4.74 Å². The van der Waals surface area contributed by atoms with Gasteiger partial charge in [-0.05, 0) is 31.5 Å². The lowest BCUT2D eigenvalue weighted by Gasteiger charge is -2.37. The molecule has 11 heteroatoms. The van der Waals surface area contributed by atoms with Crippen LogP contribution >= 0.6 is 0 Å². The van der Waals surface area contributed by atoms with Crippen LogP contribution in [0.5, 0.6) is 5.75 Å². The molecule has 2 nitrogen and oxygen atoms in total. The summed E-state index contributed by atoms with van der Waals surface area (Å²) in [4.78, 5) is 0. The molecular formula is C15H15F9O2. The van der Waals surface area contributed by atoms with E-state index in [-0.39, 0.29) is 12.4 Å². The maximum absolute atomic E-state index is 13.7. The number of hydrogen-bond donors (Lipinski definition) is 1. The topological polar surface area (TPSA) is 29.5 Å². The number of rotatable bonds is 7. The molecule has 0 saturated heterocycles. The van der Waals surface area contributed by atoms with Gasteiger partial charge in [-0.25, -0.2) is 0 Å². The van der Waals surface area contributed by atoms with Gasteiger partial charge in [0.05, 0.1) is 18.6 Å². The van der Waals surface area contributed by atoms with E-state index >= 15 is 0 Å². The molecule has 0 heterocycles. The number of alkyl halides is 9. The molecule has 0 bridgehead atoms. The Morgan fingerprint density at radius 1 is 0.923 bits per heavy atom. The van der Waals surface area contributed by atoms with Gasteiger partial charge in [-0.2, -0.15) is 39.5 Å². The smallest absolute Gasteiger partial charge is 0.460 e. The minimum atomic E-state index is -6.99. The van der Waals surface area contributed by atoms with Crippen LogP contribution in [0.1, 0.15) is 25.8 Å². The van der Waals surface area contributed by atoms with Gasteiger partial charge in [0.25, 0.3) is 0 Å². The van der Waals surface area contributed by atoms with Crippen LogP contribution in [0.25, 0.3) is 0 Å². The minimum Gasteiger partial charge on any atom is -0.494 e. The SMILES string of the molecule is CCOc1cccc(C(C)(O)CC(F)(F)C(F)(F)C(F)(F)C(F)(F)F)c1. The highest BCUT2D eigenvalue weighted by atomic mass is 19.4. The van der Waals surface area contributed by atoms with Crippen molar-refractivity contribution in [2.24, 2.45) is 0 Å². The largest absolute Gasteiger partial charge is 0.494 e. The average Bonchev–Trinajstić information content (AvgIpc) is 2.45. The summed E-state index contributed by atoms with van der Waals surface area (Å²) >= 11 is 0. The number of aliphatic hydroxyl groups is 1. The first-order valence-electron chi connectivity index (χ1n) is 7.15. The Kier molecular flexibility index (Phi) is 5.87. The lowest BCUT2D eigenvalue weighted by atomic mass is 9.86. The summed E-state index contributed by atoms with van der Waals surface area (Å²) in [6.45, 7) is 2.30. The van der Waals surface area contributed by atoms with E-state index in [0.717, 1.165) is 12.1 Å². The summed E-state index contributed by atoms with van der Waals surface area (Å²) in [5, 5.41) is 10.1. The van der Waals surface area contributed by atoms with Gasteiger partial charge >= 0.3 is 23.9 Å². The molecule has 1 aromatic carbocycles. The van der Waals surface area contributed by atoms with Gasteiger partial charge in [0.1, 0.15) is 5.75 Å². The molecule has 0 spiro atoms. The third-order valence-electron chi connectivity index (χ3n) is 3.54. The molecule has 0 radical (unpaired) electrons. The summed E-state index contributed by atoms with van der Waals surface area (Å²) < 4.78 is 121. The van der Waals surface area contributed by atoms with Crippen LogP contribution in [0.3, 0.4) is 0 Å². The summed E-state index contributed by atoms with van der Waals surface area (Å²) in [5.74, 6) is -19.6. The van der Waals surface area contributed by atoms with Crippen LogP contribution in [-0.4, -0.2) is 35.7 Å². The van der Waals surface area contributed by atoms with Gasteiger partial charge in [0.2, 0.25) is 0 Å². The second-order valence-corrected chi connectivity index (χ2v) is 5.76. The highest BCUT2D eigenvalue weighted by Crippen LogP contribution is 2.55. The third-order valence-corrected chi connectivity index (χ3v) is 3.54. The first-order chi connectivity index (χ1) is 11.5. The molecule has 0 saturated carbocycles. The van der Waals surface area contributed by atoms with E-state index in [2.05, 4.69) is 0 Å². The van der Waals surface area contributed by atoms with Gasteiger partial charge in [0, 0.05) is 0 Å². The van der Waals surface area contributed by atoms with Gasteiger partial charge in [-0.3, -0.25) is 0 Å². The summed E-state index contributed by atoms with van der Waals surface area (Å²) in [6, 6.07) is 4.54. The molecule has 1 atom stereocenters. The van der Waals surface area contributed by atoms with Crippen molar-refractivity contribution >= 4 is 0 Å². The number of benzene rings is 1. The summed E-state index contributed by atoms with van der Waals surface area (Å²) in [6.07, 6.45) is -9.28. The Bertz CT molecular complexity index is 624. The van der Waals surface area contributed by atoms with Gasteiger partial charge in [-0.1, -0.05) is 12.1 Å². The molecule has 150 valence electrons. The molecule has 1 aromatic rings. The highest BCUT2D eigenvalue weighted by molar-refractivity contribution is 5.32. The predicted octanol–water partition coefficient (Wildman–Crippen LogP) is 5.15. The highest BCUT2D eigenvalue weighted by Gasteiger charge is 2.81. The molecule has 0 aliphatic heterocycles. The second-order valence-electron chi connectivity index (χ2n) is 5.76. The van der Waals surface area contributed by atoms with Crippen molar-refractivity contribution in [3.63, 3.8) is 0 Å². The standard InChI is InChI=1S/C15H15F9O2/c1-3-26-10-6-4-5-9(7-10)11(2,25)8-12(16,17)13(18,19)14(20,21)15(22,23)24/h4-7,25H,3,8H2,1-2H3. The summed E-state index contributed by atoms with van der Waals surface area (Å²) in [7, 11) is 0. The van der Waals surface area contributed by atoms with Crippen LogP contribution in [0.2, 0.25) is 0 Å². The Balaban J connectivity index is 3.23. The van der Waals surface area contributed by atoms with Gasteiger partial charge in [0.15, 0.2) is 0 Å². The Morgan fingerprint density at radius 2 is 1.46 bits per heavy atom. The zero-order valence-corrected chi connectivity index (χ0v) is 13.5. The fourth-order valence-corrected chi connectivity index (χ4v) is 2.14. The van der Waals surface area contributed by atoms with E-state index in [0.29, 0.717) is 6.92 Å². The molecule has 1 unspecified atom stereocenters. The van der Waals surface area contributed by atoms with Crippen molar-refractivity contribution in [1.29, 1.82) is 0 Å². The van der Waals surface area contributed by atoms with Crippen LogP contribution in [0.4, 0.5) is 39.5 Å². The Labute approximate surface area is 142 Å². The van der Waals surface area contributed by atoms with Crippen molar-refractivity contribution in [1.82, 2.24) is 0 Å². The number of halogens is 9. The average molecular weight is 398 g/mol. The molecule has 1 N–H and O–H groups in total. The molecule has 1 rings (SSSR count). The molecule has 26 heavy (non-hydrogen) atoms. The maximum Gasteiger partial charge on any atom is 0.460 e. The fourth-order valence-electron chi connectivity index (χ4n) is 2.14. The minimum absolute atomic E-state index is 0.0565. The van der Waals surface area contributed by atoms with Crippen molar-refractivity contribution in [3.8, 4) is 5.75 Å². The molecule has 0 aliphatic rings. The Morgan fingerprint density at radius 3 is 1.92 bits per heavy atom. The van der Waals surface area contributed by atoms with E-state index in [1.165, 1.54) is 12.1 Å². The third kappa shape index (κ3) is 4.02. The molecule has 0 aromatic heterocycles. The van der Waals surface area contributed by atoms with Crippen molar-refractivity contribution in [3.05, 3.63) is 29.8 Å². The molecule has 0 fully saturated rings. The van der Waals surface area contributed by atoms with E-state index < -0.39 is 41.5 Å². The van der Waals surface area contributed by atoms with Crippen LogP contribution in [0, 0.1) is 0 Å². The lowest BCUT2D eigenvalue weighted by molar-refractivity contribution is -0.400. The summed E-state index contributed by atoms with van der Waals surface area (Å²) in [5.41, 5.74) is -3.27. The van der Waals surface area contributed by atoms with Crippen molar-refractivity contribution in [2.75, 3.05) is 6.61 Å². The van der Waals surface area contributed by atoms with Crippen LogP contribution in [-0.2, 0) is 5.60 Å². The number of ether oxygens (including phenoxy) is 1. The molecule has 0 amide bonds. The van der Waals surface area contributed by atoms with Crippen LogP contribution < -0.4 is 4.74 Å².